The Morgan fingerprint density at radius 3 is 2.85 bits per heavy atom. The molecule has 2 heterocycles. The summed E-state index contributed by atoms with van der Waals surface area (Å²) >= 11 is 0. The van der Waals surface area contributed by atoms with Gasteiger partial charge in [0.2, 0.25) is 5.91 Å². The monoisotopic (exact) mass is 356 g/mol. The number of carbonyl (C=O) groups excluding carboxylic acids is 3. The van der Waals surface area contributed by atoms with Crippen molar-refractivity contribution >= 4 is 28.7 Å². The van der Waals surface area contributed by atoms with Crippen LogP contribution in [0.15, 0.2) is 30.5 Å². The summed E-state index contributed by atoms with van der Waals surface area (Å²) in [7, 11) is 0. The van der Waals surface area contributed by atoms with Crippen molar-refractivity contribution < 1.29 is 14.4 Å². The lowest BCUT2D eigenvalue weighted by atomic mass is 10.1. The van der Waals surface area contributed by atoms with Crippen LogP contribution in [0.5, 0.6) is 0 Å². The van der Waals surface area contributed by atoms with Gasteiger partial charge in [0.25, 0.3) is 5.91 Å². The second kappa shape index (κ2) is 7.59. The lowest BCUT2D eigenvalue weighted by Gasteiger charge is -2.16. The van der Waals surface area contributed by atoms with Gasteiger partial charge in [0.15, 0.2) is 0 Å². The van der Waals surface area contributed by atoms with Gasteiger partial charge in [0.1, 0.15) is 12.6 Å². The number of fused-ring (bicyclic) bond motifs is 1. The number of rotatable bonds is 7. The SMILES string of the molecule is CCC[C@@H](C)NC(=O)CN1C(=O)N[C@@H](Cc2c[nH]c3ccccc23)C1=O. The summed E-state index contributed by atoms with van der Waals surface area (Å²) < 4.78 is 0. The zero-order chi connectivity index (χ0) is 18.7. The molecule has 1 aromatic heterocycles. The second-order valence-electron chi connectivity index (χ2n) is 6.75. The van der Waals surface area contributed by atoms with Crippen molar-refractivity contribution in [2.45, 2.75) is 45.2 Å². The molecule has 0 spiro atoms. The predicted octanol–water partition coefficient (Wildman–Crippen LogP) is 1.94. The molecule has 4 amide bonds. The van der Waals surface area contributed by atoms with Gasteiger partial charge in [-0.05, 0) is 25.0 Å². The normalized spacial score (nSPS) is 18.2. The molecule has 0 saturated carbocycles. The molecule has 138 valence electrons. The number of carbonyl (C=O) groups is 3. The highest BCUT2D eigenvalue weighted by Crippen LogP contribution is 2.21. The minimum absolute atomic E-state index is 0.0234. The quantitative estimate of drug-likeness (QED) is 0.662. The summed E-state index contributed by atoms with van der Waals surface area (Å²) in [4.78, 5) is 41.0. The fourth-order valence-corrected chi connectivity index (χ4v) is 3.35. The molecule has 1 fully saturated rings. The van der Waals surface area contributed by atoms with Gasteiger partial charge in [0.05, 0.1) is 0 Å². The first kappa shape index (κ1) is 18.0. The number of imide groups is 1. The molecule has 1 saturated heterocycles. The first-order valence-electron chi connectivity index (χ1n) is 8.95. The minimum atomic E-state index is -0.650. The van der Waals surface area contributed by atoms with E-state index in [4.69, 9.17) is 0 Å². The molecule has 1 aliphatic heterocycles. The molecular weight excluding hydrogens is 332 g/mol. The lowest BCUT2D eigenvalue weighted by Crippen LogP contribution is -2.43. The summed E-state index contributed by atoms with van der Waals surface area (Å²) in [5.41, 5.74) is 1.95. The molecule has 1 aromatic carbocycles. The Kier molecular flexibility index (Phi) is 5.25. The largest absolute Gasteiger partial charge is 0.361 e. The Balaban J connectivity index is 1.64. The van der Waals surface area contributed by atoms with Crippen molar-refractivity contribution in [3.8, 4) is 0 Å². The Labute approximate surface area is 152 Å². The van der Waals surface area contributed by atoms with Gasteiger partial charge in [0, 0.05) is 29.6 Å². The van der Waals surface area contributed by atoms with Gasteiger partial charge < -0.3 is 15.6 Å². The first-order chi connectivity index (χ1) is 12.5. The Morgan fingerprint density at radius 2 is 2.08 bits per heavy atom. The van der Waals surface area contributed by atoms with Crippen LogP contribution >= 0.6 is 0 Å². The van der Waals surface area contributed by atoms with Crippen molar-refractivity contribution in [2.75, 3.05) is 6.54 Å². The Morgan fingerprint density at radius 1 is 1.31 bits per heavy atom. The fraction of sp³-hybridized carbons (Fsp3) is 0.421. The summed E-state index contributed by atoms with van der Waals surface area (Å²) in [5.74, 6) is -0.680. The van der Waals surface area contributed by atoms with Crippen LogP contribution in [-0.2, 0) is 16.0 Å². The Bertz CT molecular complexity index is 829. The van der Waals surface area contributed by atoms with Gasteiger partial charge in [-0.1, -0.05) is 31.5 Å². The number of aromatic amines is 1. The summed E-state index contributed by atoms with van der Waals surface area (Å²) in [6.45, 7) is 3.70. The van der Waals surface area contributed by atoms with Crippen LogP contribution < -0.4 is 10.6 Å². The first-order valence-corrected chi connectivity index (χ1v) is 8.95. The molecule has 2 aromatic rings. The average Bonchev–Trinajstić information content (AvgIpc) is 3.12. The number of aromatic nitrogens is 1. The molecule has 3 N–H and O–H groups in total. The van der Waals surface area contributed by atoms with Crippen molar-refractivity contribution in [1.29, 1.82) is 0 Å². The van der Waals surface area contributed by atoms with Crippen LogP contribution in [0.25, 0.3) is 10.9 Å². The van der Waals surface area contributed by atoms with E-state index in [1.807, 2.05) is 44.3 Å². The predicted molar refractivity (Wildman–Crippen MR) is 98.5 cm³/mol. The molecule has 26 heavy (non-hydrogen) atoms. The number of benzene rings is 1. The molecule has 0 bridgehead atoms. The number of para-hydroxylation sites is 1. The third-order valence-electron chi connectivity index (χ3n) is 4.64. The number of hydrogen-bond acceptors (Lipinski definition) is 3. The van der Waals surface area contributed by atoms with Crippen molar-refractivity contribution in [3.63, 3.8) is 0 Å². The fourth-order valence-electron chi connectivity index (χ4n) is 3.35. The van der Waals surface area contributed by atoms with E-state index in [9.17, 15) is 14.4 Å². The van der Waals surface area contributed by atoms with Crippen LogP contribution in [0.2, 0.25) is 0 Å². The van der Waals surface area contributed by atoms with Crippen LogP contribution in [-0.4, -0.2) is 46.4 Å². The van der Waals surface area contributed by atoms with Gasteiger partial charge in [-0.3, -0.25) is 14.5 Å². The molecule has 0 unspecified atom stereocenters. The van der Waals surface area contributed by atoms with E-state index in [0.717, 1.165) is 34.2 Å². The molecular formula is C19H24N4O3. The number of hydrogen-bond donors (Lipinski definition) is 3. The number of nitrogens with zero attached hydrogens (tertiary/aromatic N) is 1. The van der Waals surface area contributed by atoms with Gasteiger partial charge >= 0.3 is 6.03 Å². The number of urea groups is 1. The Hall–Kier alpha value is -2.83. The van der Waals surface area contributed by atoms with E-state index in [0.29, 0.717) is 6.42 Å². The van der Waals surface area contributed by atoms with E-state index >= 15 is 0 Å². The van der Waals surface area contributed by atoms with Gasteiger partial charge in [-0.15, -0.1) is 0 Å². The molecule has 7 nitrogen and oxygen atoms in total. The highest BCUT2D eigenvalue weighted by Gasteiger charge is 2.39. The van der Waals surface area contributed by atoms with E-state index in [-0.39, 0.29) is 24.4 Å². The van der Waals surface area contributed by atoms with Crippen molar-refractivity contribution in [1.82, 2.24) is 20.5 Å². The van der Waals surface area contributed by atoms with Crippen LogP contribution in [0, 0.1) is 0 Å². The van der Waals surface area contributed by atoms with E-state index in [1.165, 1.54) is 0 Å². The zero-order valence-electron chi connectivity index (χ0n) is 15.0. The average molecular weight is 356 g/mol. The molecule has 0 radical (unpaired) electrons. The maximum atomic E-state index is 12.6. The standard InChI is InChI=1S/C19H24N4O3/c1-3-6-12(2)21-17(24)11-23-18(25)16(22-19(23)26)9-13-10-20-15-8-5-4-7-14(13)15/h4-5,7-8,10,12,16,20H,3,6,9,11H2,1-2H3,(H,21,24)(H,22,26)/t12-,16+/m1/s1. The van der Waals surface area contributed by atoms with Crippen LogP contribution in [0.4, 0.5) is 4.79 Å². The zero-order valence-corrected chi connectivity index (χ0v) is 15.0. The maximum Gasteiger partial charge on any atom is 0.325 e. The number of amides is 4. The highest BCUT2D eigenvalue weighted by atomic mass is 16.2. The van der Waals surface area contributed by atoms with Gasteiger partial charge in [-0.2, -0.15) is 0 Å². The summed E-state index contributed by atoms with van der Waals surface area (Å²) in [5, 5.41) is 6.53. The van der Waals surface area contributed by atoms with E-state index < -0.39 is 12.1 Å². The molecule has 0 aliphatic carbocycles. The molecule has 2 atom stereocenters. The van der Waals surface area contributed by atoms with Gasteiger partial charge in [-0.25, -0.2) is 4.79 Å². The summed E-state index contributed by atoms with van der Waals surface area (Å²) in [6, 6.07) is 6.66. The van der Waals surface area contributed by atoms with E-state index in [2.05, 4.69) is 15.6 Å². The topological polar surface area (TPSA) is 94.3 Å². The number of nitrogens with one attached hydrogen (secondary N) is 3. The van der Waals surface area contributed by atoms with E-state index in [1.54, 1.807) is 0 Å². The molecule has 7 heteroatoms. The lowest BCUT2D eigenvalue weighted by molar-refractivity contribution is -0.132. The number of H-pyrrole nitrogens is 1. The third kappa shape index (κ3) is 3.71. The second-order valence-corrected chi connectivity index (χ2v) is 6.75. The highest BCUT2D eigenvalue weighted by molar-refractivity contribution is 6.06. The summed E-state index contributed by atoms with van der Waals surface area (Å²) in [6.07, 6.45) is 4.05. The van der Waals surface area contributed by atoms with Crippen LogP contribution in [0.1, 0.15) is 32.3 Å². The third-order valence-corrected chi connectivity index (χ3v) is 4.64. The van der Waals surface area contributed by atoms with Crippen LogP contribution in [0.3, 0.4) is 0 Å². The molecule has 1 aliphatic rings. The van der Waals surface area contributed by atoms with Crippen molar-refractivity contribution in [2.24, 2.45) is 0 Å². The maximum absolute atomic E-state index is 12.6. The molecule has 3 rings (SSSR count). The van der Waals surface area contributed by atoms with Crippen molar-refractivity contribution in [3.05, 3.63) is 36.0 Å². The smallest absolute Gasteiger partial charge is 0.325 e. The minimum Gasteiger partial charge on any atom is -0.361 e.